The first-order valence-electron chi connectivity index (χ1n) is 7.08. The number of carbonyl (C=O) groups excluding carboxylic acids is 1. The van der Waals surface area contributed by atoms with Gasteiger partial charge in [-0.25, -0.2) is 0 Å². The van der Waals surface area contributed by atoms with E-state index in [2.05, 4.69) is 17.6 Å². The van der Waals surface area contributed by atoms with Crippen molar-refractivity contribution in [3.8, 4) is 6.07 Å². The molecule has 8 heteroatoms. The Balaban J connectivity index is 2.77. The summed E-state index contributed by atoms with van der Waals surface area (Å²) in [6.45, 7) is 2.73. The molecule has 0 unspecified atom stereocenters. The van der Waals surface area contributed by atoms with Crippen molar-refractivity contribution in [1.82, 2.24) is 5.32 Å². The second-order valence-corrected chi connectivity index (χ2v) is 5.11. The molecule has 0 heterocycles. The summed E-state index contributed by atoms with van der Waals surface area (Å²) in [5.74, 6) is -0.683. The molecule has 0 bridgehead atoms. The van der Waals surface area contributed by atoms with Gasteiger partial charge in [0.15, 0.2) is 0 Å². The molecule has 1 amide bonds. The van der Waals surface area contributed by atoms with E-state index in [0.717, 1.165) is 25.3 Å². The molecule has 0 saturated heterocycles. The normalized spacial score (nSPS) is 10.7. The molecule has 0 aliphatic heterocycles. The molecule has 0 atom stereocenters. The minimum Gasteiger partial charge on any atom is -0.390 e. The second-order valence-electron chi connectivity index (χ2n) is 4.71. The van der Waals surface area contributed by atoms with Crippen LogP contribution in [0, 0.1) is 21.4 Å². The number of hydrogen-bond acceptors (Lipinski definition) is 5. The topological polar surface area (TPSA) is 108 Å². The molecule has 23 heavy (non-hydrogen) atoms. The summed E-state index contributed by atoms with van der Waals surface area (Å²) in [6.07, 6.45) is 4.39. The molecular formula is C15H17ClN4O3. The number of carbonyl (C=O) groups is 1. The third-order valence-electron chi connectivity index (χ3n) is 2.95. The van der Waals surface area contributed by atoms with Crippen molar-refractivity contribution in [3.63, 3.8) is 0 Å². The highest BCUT2D eigenvalue weighted by atomic mass is 35.5. The summed E-state index contributed by atoms with van der Waals surface area (Å²) < 4.78 is 0. The molecular weight excluding hydrogens is 320 g/mol. The van der Waals surface area contributed by atoms with Crippen LogP contribution in [-0.4, -0.2) is 17.4 Å². The molecule has 2 N–H and O–H groups in total. The molecule has 0 radical (unpaired) electrons. The van der Waals surface area contributed by atoms with Crippen LogP contribution in [0.4, 0.5) is 11.4 Å². The number of nitrogens with one attached hydrogen (secondary N) is 2. The van der Waals surface area contributed by atoms with Crippen molar-refractivity contribution in [3.05, 3.63) is 45.1 Å². The number of nitro groups is 1. The summed E-state index contributed by atoms with van der Waals surface area (Å²) in [4.78, 5) is 22.2. The molecule has 0 aliphatic rings. The van der Waals surface area contributed by atoms with E-state index < -0.39 is 10.8 Å². The van der Waals surface area contributed by atoms with Gasteiger partial charge in [0.2, 0.25) is 0 Å². The van der Waals surface area contributed by atoms with Crippen molar-refractivity contribution in [2.24, 2.45) is 0 Å². The summed E-state index contributed by atoms with van der Waals surface area (Å²) in [6, 6.07) is 5.47. The smallest absolute Gasteiger partial charge is 0.271 e. The Morgan fingerprint density at radius 3 is 2.83 bits per heavy atom. The summed E-state index contributed by atoms with van der Waals surface area (Å²) >= 11 is 5.90. The Bertz CT molecular complexity index is 653. The average molecular weight is 337 g/mol. The first-order valence-corrected chi connectivity index (χ1v) is 7.46. The third kappa shape index (κ3) is 5.96. The zero-order chi connectivity index (χ0) is 17.2. The highest BCUT2D eigenvalue weighted by Gasteiger charge is 2.14. The number of rotatable bonds is 8. The minimum atomic E-state index is -0.683. The summed E-state index contributed by atoms with van der Waals surface area (Å²) in [5, 5.41) is 25.2. The van der Waals surface area contributed by atoms with Crippen LogP contribution in [-0.2, 0) is 4.79 Å². The Kier molecular flexibility index (Phi) is 7.57. The number of nitriles is 1. The van der Waals surface area contributed by atoms with E-state index in [-0.39, 0.29) is 22.0 Å². The Morgan fingerprint density at radius 2 is 2.22 bits per heavy atom. The fourth-order valence-corrected chi connectivity index (χ4v) is 1.88. The predicted octanol–water partition coefficient (Wildman–Crippen LogP) is 3.37. The molecule has 1 rings (SSSR count). The lowest BCUT2D eigenvalue weighted by atomic mass is 10.2. The van der Waals surface area contributed by atoms with Crippen LogP contribution in [0.3, 0.4) is 0 Å². The van der Waals surface area contributed by atoms with Crippen LogP contribution in [0.1, 0.15) is 26.2 Å². The average Bonchev–Trinajstić information content (AvgIpc) is 2.52. The lowest BCUT2D eigenvalue weighted by molar-refractivity contribution is -0.384. The zero-order valence-electron chi connectivity index (χ0n) is 12.6. The fourth-order valence-electron chi connectivity index (χ4n) is 1.71. The van der Waals surface area contributed by atoms with Gasteiger partial charge >= 0.3 is 0 Å². The quantitative estimate of drug-likeness (QED) is 0.249. The lowest BCUT2D eigenvalue weighted by Crippen LogP contribution is -2.17. The third-order valence-corrected chi connectivity index (χ3v) is 3.27. The van der Waals surface area contributed by atoms with Gasteiger partial charge in [-0.3, -0.25) is 14.9 Å². The molecule has 0 aliphatic carbocycles. The first kappa shape index (κ1) is 18.5. The number of halogens is 1. The monoisotopic (exact) mass is 336 g/mol. The number of nitrogens with zero attached hydrogens (tertiary/aromatic N) is 2. The largest absolute Gasteiger partial charge is 0.390 e. The van der Waals surface area contributed by atoms with Crippen molar-refractivity contribution in [2.45, 2.75) is 26.2 Å². The van der Waals surface area contributed by atoms with Crippen LogP contribution < -0.4 is 10.6 Å². The van der Waals surface area contributed by atoms with Gasteiger partial charge in [-0.15, -0.1) is 0 Å². The van der Waals surface area contributed by atoms with Gasteiger partial charge in [0.1, 0.15) is 11.6 Å². The van der Waals surface area contributed by atoms with E-state index in [1.54, 1.807) is 6.07 Å². The molecule has 1 aromatic rings. The maximum absolute atomic E-state index is 12.0. The van der Waals surface area contributed by atoms with E-state index in [0.29, 0.717) is 6.54 Å². The number of anilines is 1. The van der Waals surface area contributed by atoms with Gasteiger partial charge in [-0.2, -0.15) is 5.26 Å². The number of amides is 1. The second kappa shape index (κ2) is 9.43. The molecule has 7 nitrogen and oxygen atoms in total. The van der Waals surface area contributed by atoms with Crippen LogP contribution in [0.15, 0.2) is 30.0 Å². The molecule has 122 valence electrons. The van der Waals surface area contributed by atoms with Crippen LogP contribution >= 0.6 is 11.6 Å². The highest BCUT2D eigenvalue weighted by molar-refractivity contribution is 6.34. The predicted molar refractivity (Wildman–Crippen MR) is 88.0 cm³/mol. The number of unbranched alkanes of at least 4 members (excludes halogenated alkanes) is 2. The molecule has 0 saturated carbocycles. The first-order chi connectivity index (χ1) is 11.0. The number of nitro benzene ring substituents is 1. The standard InChI is InChI=1S/C15H17ClN4O3/c1-2-3-4-7-18-10-11(9-17)15(21)19-14-8-12(20(22)23)5-6-13(14)16/h5-6,8,10,18H,2-4,7H2,1H3,(H,19,21)/b11-10-. The van der Waals surface area contributed by atoms with Crippen LogP contribution in [0.25, 0.3) is 0 Å². The van der Waals surface area contributed by atoms with Gasteiger partial charge in [0.05, 0.1) is 15.6 Å². The van der Waals surface area contributed by atoms with Crippen LogP contribution in [0.5, 0.6) is 0 Å². The summed E-state index contributed by atoms with van der Waals surface area (Å²) in [5.41, 5.74) is -0.257. The van der Waals surface area contributed by atoms with Crippen molar-refractivity contribution in [2.75, 3.05) is 11.9 Å². The van der Waals surface area contributed by atoms with Crippen molar-refractivity contribution in [1.29, 1.82) is 5.26 Å². The van der Waals surface area contributed by atoms with Gasteiger partial charge in [-0.1, -0.05) is 31.4 Å². The Labute approximate surface area is 139 Å². The number of non-ortho nitro benzene ring substituents is 1. The maximum Gasteiger partial charge on any atom is 0.271 e. The lowest BCUT2D eigenvalue weighted by Gasteiger charge is -2.07. The van der Waals surface area contributed by atoms with Crippen LogP contribution in [0.2, 0.25) is 5.02 Å². The zero-order valence-corrected chi connectivity index (χ0v) is 13.4. The Morgan fingerprint density at radius 1 is 1.48 bits per heavy atom. The fraction of sp³-hybridized carbons (Fsp3) is 0.333. The van der Waals surface area contributed by atoms with E-state index in [9.17, 15) is 14.9 Å². The Hall–Kier alpha value is -2.59. The minimum absolute atomic E-state index is 0.0815. The van der Waals surface area contributed by atoms with Gasteiger partial charge in [0, 0.05) is 24.9 Å². The van der Waals surface area contributed by atoms with E-state index in [1.165, 1.54) is 18.3 Å². The van der Waals surface area contributed by atoms with Crippen molar-refractivity contribution < 1.29 is 9.72 Å². The van der Waals surface area contributed by atoms with E-state index in [4.69, 9.17) is 16.9 Å². The molecule has 1 aromatic carbocycles. The van der Waals surface area contributed by atoms with Gasteiger partial charge in [-0.05, 0) is 12.5 Å². The molecule has 0 spiro atoms. The number of hydrogen-bond donors (Lipinski definition) is 2. The van der Waals surface area contributed by atoms with Crippen molar-refractivity contribution >= 4 is 28.9 Å². The molecule has 0 fully saturated rings. The SMILES string of the molecule is CCCCCN/C=C(/C#N)C(=O)Nc1cc([N+](=O)[O-])ccc1Cl. The molecule has 0 aromatic heterocycles. The van der Waals surface area contributed by atoms with E-state index >= 15 is 0 Å². The van der Waals surface area contributed by atoms with Gasteiger partial charge < -0.3 is 10.6 Å². The number of benzene rings is 1. The van der Waals surface area contributed by atoms with Gasteiger partial charge in [0.25, 0.3) is 11.6 Å². The maximum atomic E-state index is 12.0. The highest BCUT2D eigenvalue weighted by Crippen LogP contribution is 2.26. The van der Waals surface area contributed by atoms with E-state index in [1.807, 2.05) is 0 Å². The summed E-state index contributed by atoms with van der Waals surface area (Å²) in [7, 11) is 0.